The fraction of sp³-hybridized carbons (Fsp3) is 0.355. The molecule has 0 unspecified atom stereocenters. The molecule has 0 heterocycles. The summed E-state index contributed by atoms with van der Waals surface area (Å²) < 4.78 is 0. The first-order chi connectivity index (χ1) is 16.1. The molecule has 0 aliphatic heterocycles. The summed E-state index contributed by atoms with van der Waals surface area (Å²) in [5.74, 6) is 0. The molecule has 172 valence electrons. The fourth-order valence-electron chi connectivity index (χ4n) is 5.03. The van der Waals surface area contributed by atoms with E-state index < -0.39 is 0 Å². The van der Waals surface area contributed by atoms with E-state index in [0.717, 1.165) is 25.9 Å². The van der Waals surface area contributed by atoms with Gasteiger partial charge in [0.1, 0.15) is 0 Å². The molecule has 0 aliphatic rings. The monoisotopic (exact) mass is 438 g/mol. The Kier molecular flexibility index (Phi) is 7.47. The third-order valence-electron chi connectivity index (χ3n) is 7.65. The summed E-state index contributed by atoms with van der Waals surface area (Å²) in [5.41, 5.74) is 2.98. The molecule has 0 aromatic heterocycles. The van der Waals surface area contributed by atoms with E-state index in [-0.39, 0.29) is 5.41 Å². The van der Waals surface area contributed by atoms with Gasteiger partial charge < -0.3 is 10.6 Å². The maximum Gasteiger partial charge on any atom is 0.0298 e. The summed E-state index contributed by atoms with van der Waals surface area (Å²) in [4.78, 5) is 0. The average Bonchev–Trinajstić information content (AvgIpc) is 2.88. The third-order valence-corrected chi connectivity index (χ3v) is 7.65. The van der Waals surface area contributed by atoms with Crippen molar-refractivity contribution in [2.24, 2.45) is 5.41 Å². The van der Waals surface area contributed by atoms with Crippen LogP contribution in [0.1, 0.15) is 63.7 Å². The zero-order valence-corrected chi connectivity index (χ0v) is 20.6. The second-order valence-electron chi connectivity index (χ2n) is 9.55. The van der Waals surface area contributed by atoms with E-state index in [9.17, 15) is 0 Å². The number of rotatable bonds is 10. The number of hydrogen-bond acceptors (Lipinski definition) is 2. The molecule has 0 saturated heterocycles. The number of hydrogen-bond donors (Lipinski definition) is 2. The van der Waals surface area contributed by atoms with Crippen molar-refractivity contribution in [3.05, 3.63) is 96.1 Å². The highest BCUT2D eigenvalue weighted by Gasteiger charge is 2.27. The molecule has 2 heteroatoms. The van der Waals surface area contributed by atoms with Crippen molar-refractivity contribution in [1.29, 1.82) is 0 Å². The van der Waals surface area contributed by atoms with Crippen LogP contribution in [-0.4, -0.2) is 13.1 Å². The standard InChI is InChI=1S/C31H38N2/c1-5-31(6-2,21-32-23(3)27-19-11-15-25-13-7-9-17-29(25)27)22-33-24(4)28-20-12-16-26-14-8-10-18-30(26)28/h7-20,23-24,32-33H,5-6,21-22H2,1-4H3/t23-,24-/m0/s1. The van der Waals surface area contributed by atoms with Gasteiger partial charge in [0.2, 0.25) is 0 Å². The quantitative estimate of drug-likeness (QED) is 0.264. The summed E-state index contributed by atoms with van der Waals surface area (Å²) in [6.07, 6.45) is 2.29. The maximum absolute atomic E-state index is 3.89. The molecule has 2 atom stereocenters. The molecule has 2 N–H and O–H groups in total. The lowest BCUT2D eigenvalue weighted by atomic mass is 9.81. The molecule has 0 spiro atoms. The van der Waals surface area contributed by atoms with Gasteiger partial charge in [-0.25, -0.2) is 0 Å². The largest absolute Gasteiger partial charge is 0.310 e. The predicted octanol–water partition coefficient (Wildman–Crippen LogP) is 7.80. The highest BCUT2D eigenvalue weighted by atomic mass is 15.0. The molecule has 33 heavy (non-hydrogen) atoms. The smallest absolute Gasteiger partial charge is 0.0298 e. The first-order valence-corrected chi connectivity index (χ1v) is 12.5. The molecule has 0 aliphatic carbocycles. The summed E-state index contributed by atoms with van der Waals surface area (Å²) in [6, 6.07) is 31.3. The van der Waals surface area contributed by atoms with Crippen LogP contribution in [0.15, 0.2) is 84.9 Å². The maximum atomic E-state index is 3.89. The summed E-state index contributed by atoms with van der Waals surface area (Å²) >= 11 is 0. The van der Waals surface area contributed by atoms with E-state index in [1.54, 1.807) is 0 Å². The van der Waals surface area contributed by atoms with Crippen LogP contribution in [0.5, 0.6) is 0 Å². The molecule has 0 radical (unpaired) electrons. The average molecular weight is 439 g/mol. The van der Waals surface area contributed by atoms with Crippen molar-refractivity contribution >= 4 is 21.5 Å². The number of nitrogens with one attached hydrogen (secondary N) is 2. The SMILES string of the molecule is CCC(CC)(CN[C@@H](C)c1cccc2ccccc12)CN[C@@H](C)c1cccc2ccccc12. The lowest BCUT2D eigenvalue weighted by Gasteiger charge is -2.35. The van der Waals surface area contributed by atoms with E-state index in [0.29, 0.717) is 12.1 Å². The zero-order chi connectivity index (χ0) is 23.3. The molecular formula is C31H38N2. The lowest BCUT2D eigenvalue weighted by molar-refractivity contribution is 0.222. The Morgan fingerprint density at radius 1 is 0.576 bits per heavy atom. The van der Waals surface area contributed by atoms with Crippen molar-refractivity contribution in [3.8, 4) is 0 Å². The van der Waals surface area contributed by atoms with Crippen LogP contribution in [0.25, 0.3) is 21.5 Å². The van der Waals surface area contributed by atoms with Crippen LogP contribution in [0.2, 0.25) is 0 Å². The Hall–Kier alpha value is -2.68. The Bertz CT molecular complexity index is 1090. The molecule has 4 aromatic carbocycles. The highest BCUT2D eigenvalue weighted by molar-refractivity contribution is 5.86. The van der Waals surface area contributed by atoms with Crippen molar-refractivity contribution < 1.29 is 0 Å². The second kappa shape index (κ2) is 10.5. The van der Waals surface area contributed by atoms with Gasteiger partial charge in [0.15, 0.2) is 0 Å². The van der Waals surface area contributed by atoms with Crippen molar-refractivity contribution in [2.45, 2.75) is 52.6 Å². The van der Waals surface area contributed by atoms with Crippen molar-refractivity contribution in [1.82, 2.24) is 10.6 Å². The molecule has 4 aromatic rings. The minimum absolute atomic E-state index is 0.220. The Labute approximate surface area is 199 Å². The minimum atomic E-state index is 0.220. The van der Waals surface area contributed by atoms with E-state index in [1.165, 1.54) is 32.7 Å². The van der Waals surface area contributed by atoms with Crippen molar-refractivity contribution in [2.75, 3.05) is 13.1 Å². The van der Waals surface area contributed by atoms with E-state index >= 15 is 0 Å². The summed E-state index contributed by atoms with van der Waals surface area (Å²) in [5, 5.41) is 13.1. The van der Waals surface area contributed by atoms with Crippen LogP contribution in [0.3, 0.4) is 0 Å². The first-order valence-electron chi connectivity index (χ1n) is 12.5. The van der Waals surface area contributed by atoms with Gasteiger partial charge in [-0.1, -0.05) is 98.8 Å². The molecule has 0 fully saturated rings. The Balaban J connectivity index is 1.45. The van der Waals surface area contributed by atoms with Crippen LogP contribution >= 0.6 is 0 Å². The molecule has 0 saturated carbocycles. The number of benzene rings is 4. The van der Waals surface area contributed by atoms with E-state index in [1.807, 2.05) is 0 Å². The Morgan fingerprint density at radius 2 is 0.970 bits per heavy atom. The van der Waals surface area contributed by atoms with Crippen LogP contribution in [0, 0.1) is 5.41 Å². The van der Waals surface area contributed by atoms with Crippen LogP contribution < -0.4 is 10.6 Å². The van der Waals surface area contributed by atoms with E-state index in [4.69, 9.17) is 0 Å². The van der Waals surface area contributed by atoms with Gasteiger partial charge in [-0.3, -0.25) is 0 Å². The first kappa shape index (κ1) is 23.5. The molecular weight excluding hydrogens is 400 g/mol. The fourth-order valence-corrected chi connectivity index (χ4v) is 5.03. The highest BCUT2D eigenvalue weighted by Crippen LogP contribution is 2.30. The van der Waals surface area contributed by atoms with Gasteiger partial charge in [0, 0.05) is 25.2 Å². The molecule has 0 amide bonds. The van der Waals surface area contributed by atoms with Crippen LogP contribution in [-0.2, 0) is 0 Å². The molecule has 2 nitrogen and oxygen atoms in total. The van der Waals surface area contributed by atoms with Gasteiger partial charge in [0.25, 0.3) is 0 Å². The van der Waals surface area contributed by atoms with Crippen molar-refractivity contribution in [3.63, 3.8) is 0 Å². The zero-order valence-electron chi connectivity index (χ0n) is 20.6. The van der Waals surface area contributed by atoms with Crippen LogP contribution in [0.4, 0.5) is 0 Å². The lowest BCUT2D eigenvalue weighted by Crippen LogP contribution is -2.43. The van der Waals surface area contributed by atoms with Gasteiger partial charge >= 0.3 is 0 Å². The Morgan fingerprint density at radius 3 is 1.39 bits per heavy atom. The second-order valence-corrected chi connectivity index (χ2v) is 9.55. The predicted molar refractivity (Wildman–Crippen MR) is 144 cm³/mol. The number of fused-ring (bicyclic) bond motifs is 2. The molecule has 0 bridgehead atoms. The van der Waals surface area contributed by atoms with Gasteiger partial charge in [0.05, 0.1) is 0 Å². The van der Waals surface area contributed by atoms with Gasteiger partial charge in [-0.15, -0.1) is 0 Å². The molecule has 4 rings (SSSR count). The normalized spacial score (nSPS) is 13.9. The van der Waals surface area contributed by atoms with Gasteiger partial charge in [-0.05, 0) is 64.8 Å². The third kappa shape index (κ3) is 5.13. The topological polar surface area (TPSA) is 24.1 Å². The van der Waals surface area contributed by atoms with Gasteiger partial charge in [-0.2, -0.15) is 0 Å². The summed E-state index contributed by atoms with van der Waals surface area (Å²) in [6.45, 7) is 11.3. The minimum Gasteiger partial charge on any atom is -0.310 e. The summed E-state index contributed by atoms with van der Waals surface area (Å²) in [7, 11) is 0. The van der Waals surface area contributed by atoms with E-state index in [2.05, 4.69) is 123 Å².